The Bertz CT molecular complexity index is 2510. The number of aromatic nitrogens is 10. The van der Waals surface area contributed by atoms with Gasteiger partial charge in [-0.3, -0.25) is 4.98 Å². The zero-order valence-corrected chi connectivity index (χ0v) is 35.7. The van der Waals surface area contributed by atoms with Crippen LogP contribution in [0, 0.1) is 0 Å². The molecule has 4 heterocycles. The second-order valence-electron chi connectivity index (χ2n) is 18.9. The molecule has 0 amide bonds. The summed E-state index contributed by atoms with van der Waals surface area (Å²) in [5, 5.41) is 0. The highest BCUT2D eigenvalue weighted by molar-refractivity contribution is 5.78. The van der Waals surface area contributed by atoms with Gasteiger partial charge in [-0.05, 0) is 29.8 Å². The molecule has 0 saturated carbocycles. The van der Waals surface area contributed by atoms with Crippen LogP contribution >= 0.6 is 0 Å². The lowest BCUT2D eigenvalue weighted by Crippen LogP contribution is -2.24. The van der Waals surface area contributed by atoms with E-state index in [0.717, 1.165) is 62.2 Å². The standard InChI is InChI=1S/C48H52N10/c1-45(2,3)41-53-38(54-42(57-41)46(4,5)6)31-22-20-30(21-23-31)37-50-36(29-17-14-13-15-18-29)51-39(52-37)34-25-33(32-19-16-24-49-28-32)26-35(27-34)40-55-43(47(7,8)9)58-44(56-40)48(10,11)12/h13-28H,1-12H3. The zero-order chi connectivity index (χ0) is 41.6. The van der Waals surface area contributed by atoms with Gasteiger partial charge in [-0.25, -0.2) is 44.9 Å². The van der Waals surface area contributed by atoms with Crippen LogP contribution in [0.25, 0.3) is 68.1 Å². The molecule has 0 unspecified atom stereocenters. The van der Waals surface area contributed by atoms with Crippen LogP contribution in [0.3, 0.4) is 0 Å². The number of hydrogen-bond acceptors (Lipinski definition) is 10. The van der Waals surface area contributed by atoms with E-state index in [9.17, 15) is 0 Å². The van der Waals surface area contributed by atoms with Gasteiger partial charge >= 0.3 is 0 Å². The third kappa shape index (κ3) is 8.86. The molecule has 0 spiro atoms. The van der Waals surface area contributed by atoms with Crippen molar-refractivity contribution in [2.45, 2.75) is 105 Å². The Morgan fingerprint density at radius 2 is 0.621 bits per heavy atom. The maximum absolute atomic E-state index is 5.15. The fourth-order valence-corrected chi connectivity index (χ4v) is 6.06. The molecule has 0 aliphatic carbocycles. The number of rotatable bonds is 6. The van der Waals surface area contributed by atoms with E-state index in [-0.39, 0.29) is 21.7 Å². The largest absolute Gasteiger partial charge is 0.264 e. The highest BCUT2D eigenvalue weighted by atomic mass is 15.1. The van der Waals surface area contributed by atoms with E-state index in [2.05, 4.69) is 106 Å². The van der Waals surface area contributed by atoms with Gasteiger partial charge in [0.15, 0.2) is 29.1 Å². The molecule has 294 valence electrons. The van der Waals surface area contributed by atoms with Crippen molar-refractivity contribution in [1.29, 1.82) is 0 Å². The Kier molecular flexibility index (Phi) is 10.3. The molecule has 0 aliphatic rings. The lowest BCUT2D eigenvalue weighted by molar-refractivity contribution is 0.497. The van der Waals surface area contributed by atoms with Gasteiger partial charge in [0.05, 0.1) is 0 Å². The van der Waals surface area contributed by atoms with Crippen LogP contribution in [0.2, 0.25) is 0 Å². The normalized spacial score (nSPS) is 12.5. The number of hydrogen-bond donors (Lipinski definition) is 0. The molecule has 58 heavy (non-hydrogen) atoms. The Labute approximate surface area is 342 Å². The first kappa shape index (κ1) is 40.1. The second-order valence-corrected chi connectivity index (χ2v) is 18.9. The van der Waals surface area contributed by atoms with E-state index >= 15 is 0 Å². The van der Waals surface area contributed by atoms with Crippen molar-refractivity contribution >= 4 is 0 Å². The maximum atomic E-state index is 5.15. The summed E-state index contributed by atoms with van der Waals surface area (Å²) < 4.78 is 0. The van der Waals surface area contributed by atoms with Gasteiger partial charge in [0.1, 0.15) is 23.3 Å². The molecule has 7 aromatic rings. The van der Waals surface area contributed by atoms with Crippen molar-refractivity contribution in [1.82, 2.24) is 49.8 Å². The second kappa shape index (κ2) is 15.0. The molecule has 0 radical (unpaired) electrons. The van der Waals surface area contributed by atoms with Crippen LogP contribution in [0.15, 0.2) is 97.3 Å². The summed E-state index contributed by atoms with van der Waals surface area (Å²) in [4.78, 5) is 49.4. The van der Waals surface area contributed by atoms with Gasteiger partial charge in [0.25, 0.3) is 0 Å². The molecule has 4 aromatic heterocycles. The van der Waals surface area contributed by atoms with Gasteiger partial charge in [-0.1, -0.05) is 144 Å². The molecule has 10 nitrogen and oxygen atoms in total. The van der Waals surface area contributed by atoms with Crippen LogP contribution in [-0.4, -0.2) is 49.8 Å². The minimum atomic E-state index is -0.294. The Morgan fingerprint density at radius 1 is 0.293 bits per heavy atom. The highest BCUT2D eigenvalue weighted by Crippen LogP contribution is 2.35. The van der Waals surface area contributed by atoms with Crippen molar-refractivity contribution in [3.8, 4) is 68.1 Å². The fraction of sp³-hybridized carbons (Fsp3) is 0.333. The van der Waals surface area contributed by atoms with E-state index in [1.165, 1.54) is 0 Å². The van der Waals surface area contributed by atoms with E-state index in [0.29, 0.717) is 29.1 Å². The molecule has 0 atom stereocenters. The monoisotopic (exact) mass is 768 g/mol. The van der Waals surface area contributed by atoms with Gasteiger partial charge < -0.3 is 0 Å². The average molecular weight is 769 g/mol. The fourth-order valence-electron chi connectivity index (χ4n) is 6.06. The molecule has 0 saturated heterocycles. The molecule has 0 bridgehead atoms. The van der Waals surface area contributed by atoms with Crippen LogP contribution < -0.4 is 0 Å². The van der Waals surface area contributed by atoms with E-state index in [4.69, 9.17) is 44.9 Å². The van der Waals surface area contributed by atoms with E-state index < -0.39 is 0 Å². The first-order chi connectivity index (χ1) is 27.2. The molecular weight excluding hydrogens is 717 g/mol. The van der Waals surface area contributed by atoms with Gasteiger partial charge in [0, 0.05) is 67.4 Å². The van der Waals surface area contributed by atoms with Crippen molar-refractivity contribution in [3.05, 3.63) is 121 Å². The van der Waals surface area contributed by atoms with Gasteiger partial charge in [-0.15, -0.1) is 0 Å². The first-order valence-corrected chi connectivity index (χ1v) is 19.7. The predicted molar refractivity (Wildman–Crippen MR) is 232 cm³/mol. The molecule has 0 fully saturated rings. The molecule has 0 N–H and O–H groups in total. The molecular formula is C48H52N10. The lowest BCUT2D eigenvalue weighted by atomic mass is 9.92. The SMILES string of the molecule is CC(C)(C)c1nc(-c2ccc(-c3nc(-c4ccccc4)nc(-c4cc(-c5cccnc5)cc(-c5nc(C(C)(C)C)nc(C(C)(C)C)n5)c4)n3)cc2)nc(C(C)(C)C)n1. The quantitative estimate of drug-likeness (QED) is 0.161. The summed E-state index contributed by atoms with van der Waals surface area (Å²) in [7, 11) is 0. The molecule has 7 rings (SSSR count). The summed E-state index contributed by atoms with van der Waals surface area (Å²) in [6.07, 6.45) is 3.63. The van der Waals surface area contributed by atoms with Crippen molar-refractivity contribution < 1.29 is 0 Å². The van der Waals surface area contributed by atoms with Crippen molar-refractivity contribution in [2.24, 2.45) is 0 Å². The number of benzene rings is 3. The zero-order valence-electron chi connectivity index (χ0n) is 35.7. The number of pyridine rings is 1. The lowest BCUT2D eigenvalue weighted by Gasteiger charge is -2.23. The molecule has 0 aliphatic heterocycles. The topological polar surface area (TPSA) is 129 Å². The van der Waals surface area contributed by atoms with Crippen LogP contribution in [-0.2, 0) is 21.7 Å². The average Bonchev–Trinajstić information content (AvgIpc) is 3.19. The third-order valence-corrected chi connectivity index (χ3v) is 9.47. The molecule has 10 heteroatoms. The summed E-state index contributed by atoms with van der Waals surface area (Å²) >= 11 is 0. The summed E-state index contributed by atoms with van der Waals surface area (Å²) in [6, 6.07) is 28.3. The van der Waals surface area contributed by atoms with Crippen LogP contribution in [0.5, 0.6) is 0 Å². The minimum absolute atomic E-state index is 0.242. The minimum Gasteiger partial charge on any atom is -0.264 e. The summed E-state index contributed by atoms with van der Waals surface area (Å²) in [6.45, 7) is 25.5. The third-order valence-electron chi connectivity index (χ3n) is 9.47. The summed E-state index contributed by atoms with van der Waals surface area (Å²) in [5.41, 5.74) is 5.02. The maximum Gasteiger partial charge on any atom is 0.164 e. The Morgan fingerprint density at radius 3 is 1.00 bits per heavy atom. The Balaban J connectivity index is 1.40. The van der Waals surface area contributed by atoms with Gasteiger partial charge in [0.2, 0.25) is 0 Å². The Hall–Kier alpha value is -6.16. The van der Waals surface area contributed by atoms with Crippen molar-refractivity contribution in [2.75, 3.05) is 0 Å². The van der Waals surface area contributed by atoms with Crippen LogP contribution in [0.4, 0.5) is 0 Å². The predicted octanol–water partition coefficient (Wildman–Crippen LogP) is 10.8. The van der Waals surface area contributed by atoms with E-state index in [1.807, 2.05) is 72.9 Å². The van der Waals surface area contributed by atoms with Gasteiger partial charge in [-0.2, -0.15) is 0 Å². The van der Waals surface area contributed by atoms with Crippen molar-refractivity contribution in [3.63, 3.8) is 0 Å². The summed E-state index contributed by atoms with van der Waals surface area (Å²) in [5.74, 6) is 5.83. The van der Waals surface area contributed by atoms with Crippen LogP contribution in [0.1, 0.15) is 106 Å². The number of nitrogens with zero attached hydrogens (tertiary/aromatic N) is 10. The smallest absolute Gasteiger partial charge is 0.164 e. The molecule has 3 aromatic carbocycles. The highest BCUT2D eigenvalue weighted by Gasteiger charge is 2.27. The first-order valence-electron chi connectivity index (χ1n) is 19.7. The van der Waals surface area contributed by atoms with E-state index in [1.54, 1.807) is 6.20 Å².